The molecule has 1 rings (SSSR count). The number of nitrogens with one attached hydrogen (secondary N) is 2. The van der Waals surface area contributed by atoms with Crippen LogP contribution in [0.4, 0.5) is 4.79 Å². The molecule has 0 heterocycles. The lowest BCUT2D eigenvalue weighted by molar-refractivity contribution is -0.139. The lowest BCUT2D eigenvalue weighted by atomic mass is 10.1. The van der Waals surface area contributed by atoms with Crippen molar-refractivity contribution in [1.82, 2.24) is 10.6 Å². The SMILES string of the molecule is CC1(NC(=O)NC(CCC(N)=O)C(=O)O)CC1. The van der Waals surface area contributed by atoms with Crippen LogP contribution in [0.25, 0.3) is 0 Å². The maximum Gasteiger partial charge on any atom is 0.326 e. The van der Waals surface area contributed by atoms with Gasteiger partial charge in [-0.15, -0.1) is 0 Å². The molecular weight excluding hydrogens is 226 g/mol. The van der Waals surface area contributed by atoms with Gasteiger partial charge in [-0.2, -0.15) is 0 Å². The second-order valence-corrected chi connectivity index (χ2v) is 4.55. The maximum atomic E-state index is 11.5. The Labute approximate surface area is 98.7 Å². The average molecular weight is 243 g/mol. The van der Waals surface area contributed by atoms with Gasteiger partial charge in [-0.25, -0.2) is 9.59 Å². The van der Waals surface area contributed by atoms with E-state index in [0.29, 0.717) is 0 Å². The Balaban J connectivity index is 2.39. The molecular formula is C10H17N3O4. The molecule has 0 aromatic carbocycles. The zero-order valence-corrected chi connectivity index (χ0v) is 9.66. The number of carboxylic acids is 1. The number of carbonyl (C=O) groups excluding carboxylic acids is 2. The molecule has 1 unspecified atom stereocenters. The Morgan fingerprint density at radius 2 is 2.00 bits per heavy atom. The highest BCUT2D eigenvalue weighted by atomic mass is 16.4. The van der Waals surface area contributed by atoms with Crippen molar-refractivity contribution >= 4 is 17.9 Å². The van der Waals surface area contributed by atoms with E-state index in [0.717, 1.165) is 12.8 Å². The van der Waals surface area contributed by atoms with Crippen molar-refractivity contribution in [1.29, 1.82) is 0 Å². The fourth-order valence-corrected chi connectivity index (χ4v) is 1.32. The van der Waals surface area contributed by atoms with Crippen LogP contribution in [0.1, 0.15) is 32.6 Å². The van der Waals surface area contributed by atoms with E-state index in [1.54, 1.807) is 0 Å². The van der Waals surface area contributed by atoms with E-state index < -0.39 is 23.9 Å². The van der Waals surface area contributed by atoms with Crippen LogP contribution >= 0.6 is 0 Å². The van der Waals surface area contributed by atoms with Gasteiger partial charge in [0.1, 0.15) is 6.04 Å². The maximum absolute atomic E-state index is 11.5. The van der Waals surface area contributed by atoms with Gasteiger partial charge >= 0.3 is 12.0 Å². The molecule has 1 atom stereocenters. The third kappa shape index (κ3) is 4.71. The molecule has 7 nitrogen and oxygen atoms in total. The molecule has 1 fully saturated rings. The van der Waals surface area contributed by atoms with Gasteiger partial charge < -0.3 is 21.5 Å². The molecule has 0 aromatic heterocycles. The van der Waals surface area contributed by atoms with E-state index in [4.69, 9.17) is 10.8 Å². The normalized spacial score (nSPS) is 17.9. The van der Waals surface area contributed by atoms with Gasteiger partial charge in [0.05, 0.1) is 0 Å². The highest BCUT2D eigenvalue weighted by Gasteiger charge is 2.39. The van der Waals surface area contributed by atoms with Crippen LogP contribution in [0.3, 0.4) is 0 Å². The fourth-order valence-electron chi connectivity index (χ4n) is 1.32. The van der Waals surface area contributed by atoms with E-state index in [1.165, 1.54) is 0 Å². The van der Waals surface area contributed by atoms with Crippen LogP contribution in [0.2, 0.25) is 0 Å². The molecule has 96 valence electrons. The molecule has 0 bridgehead atoms. The van der Waals surface area contributed by atoms with Crippen molar-refractivity contribution in [3.63, 3.8) is 0 Å². The predicted octanol–water partition coefficient (Wildman–Crippen LogP) is -0.443. The molecule has 1 aliphatic rings. The first kappa shape index (κ1) is 13.3. The van der Waals surface area contributed by atoms with Crippen LogP contribution in [0.5, 0.6) is 0 Å². The molecule has 5 N–H and O–H groups in total. The van der Waals surface area contributed by atoms with Gasteiger partial charge in [0, 0.05) is 12.0 Å². The summed E-state index contributed by atoms with van der Waals surface area (Å²) >= 11 is 0. The summed E-state index contributed by atoms with van der Waals surface area (Å²) in [6.07, 6.45) is 1.70. The summed E-state index contributed by atoms with van der Waals surface area (Å²) in [4.78, 5) is 32.8. The largest absolute Gasteiger partial charge is 0.480 e. The zero-order chi connectivity index (χ0) is 13.1. The lowest BCUT2D eigenvalue weighted by Crippen LogP contribution is -2.49. The molecule has 7 heteroatoms. The Morgan fingerprint density at radius 1 is 1.41 bits per heavy atom. The highest BCUT2D eigenvalue weighted by Crippen LogP contribution is 2.33. The van der Waals surface area contributed by atoms with Crippen molar-refractivity contribution in [3.05, 3.63) is 0 Å². The number of primary amides is 1. The summed E-state index contributed by atoms with van der Waals surface area (Å²) in [7, 11) is 0. The number of rotatable bonds is 6. The number of hydrogen-bond acceptors (Lipinski definition) is 3. The van der Waals surface area contributed by atoms with Crippen LogP contribution in [0, 0.1) is 0 Å². The van der Waals surface area contributed by atoms with Gasteiger partial charge in [0.15, 0.2) is 0 Å². The molecule has 0 radical (unpaired) electrons. The van der Waals surface area contributed by atoms with E-state index in [1.807, 2.05) is 6.92 Å². The summed E-state index contributed by atoms with van der Waals surface area (Å²) in [5.74, 6) is -1.77. The van der Waals surface area contributed by atoms with Crippen LogP contribution < -0.4 is 16.4 Å². The molecule has 0 aliphatic heterocycles. The van der Waals surface area contributed by atoms with Crippen molar-refractivity contribution in [2.45, 2.75) is 44.2 Å². The third-order valence-corrected chi connectivity index (χ3v) is 2.70. The van der Waals surface area contributed by atoms with Gasteiger partial charge in [-0.1, -0.05) is 0 Å². The topological polar surface area (TPSA) is 122 Å². The van der Waals surface area contributed by atoms with Crippen molar-refractivity contribution in [2.24, 2.45) is 5.73 Å². The molecule has 0 spiro atoms. The highest BCUT2D eigenvalue weighted by molar-refractivity contribution is 5.83. The number of hydrogen-bond donors (Lipinski definition) is 4. The number of carboxylic acid groups (broad SMARTS) is 1. The summed E-state index contributed by atoms with van der Waals surface area (Å²) in [5, 5.41) is 13.8. The Bertz CT molecular complexity index is 338. The summed E-state index contributed by atoms with van der Waals surface area (Å²) in [6, 6.07) is -1.62. The molecule has 1 saturated carbocycles. The van der Waals surface area contributed by atoms with Crippen LogP contribution in [-0.2, 0) is 9.59 Å². The third-order valence-electron chi connectivity index (χ3n) is 2.70. The van der Waals surface area contributed by atoms with E-state index in [2.05, 4.69) is 10.6 Å². The van der Waals surface area contributed by atoms with E-state index in [-0.39, 0.29) is 18.4 Å². The van der Waals surface area contributed by atoms with E-state index in [9.17, 15) is 14.4 Å². The van der Waals surface area contributed by atoms with Crippen molar-refractivity contribution in [3.8, 4) is 0 Å². The first-order chi connectivity index (χ1) is 7.82. The fraction of sp³-hybridized carbons (Fsp3) is 0.700. The Hall–Kier alpha value is -1.79. The molecule has 3 amide bonds. The van der Waals surface area contributed by atoms with E-state index >= 15 is 0 Å². The second-order valence-electron chi connectivity index (χ2n) is 4.55. The van der Waals surface area contributed by atoms with Crippen molar-refractivity contribution < 1.29 is 19.5 Å². The zero-order valence-electron chi connectivity index (χ0n) is 9.66. The molecule has 0 saturated heterocycles. The monoisotopic (exact) mass is 243 g/mol. The molecule has 0 aromatic rings. The quantitative estimate of drug-likeness (QED) is 0.505. The first-order valence-corrected chi connectivity index (χ1v) is 5.42. The standard InChI is InChI=1S/C10H17N3O4/c1-10(4-5-10)13-9(17)12-6(8(15)16)2-3-7(11)14/h6H,2-5H2,1H3,(H2,11,14)(H,15,16)(H2,12,13,17). The second kappa shape index (κ2) is 5.03. The number of urea groups is 1. The number of nitrogens with two attached hydrogens (primary N) is 1. The average Bonchev–Trinajstić information content (AvgIpc) is 2.89. The minimum atomic E-state index is -1.18. The summed E-state index contributed by atoms with van der Waals surface area (Å²) in [6.45, 7) is 1.88. The van der Waals surface area contributed by atoms with Crippen LogP contribution in [-0.4, -0.2) is 34.6 Å². The lowest BCUT2D eigenvalue weighted by Gasteiger charge is -2.17. The predicted molar refractivity (Wildman–Crippen MR) is 59.2 cm³/mol. The summed E-state index contributed by atoms with van der Waals surface area (Å²) < 4.78 is 0. The van der Waals surface area contributed by atoms with Gasteiger partial charge in [0.2, 0.25) is 5.91 Å². The number of carbonyl (C=O) groups is 3. The van der Waals surface area contributed by atoms with Crippen molar-refractivity contribution in [2.75, 3.05) is 0 Å². The first-order valence-electron chi connectivity index (χ1n) is 5.42. The minimum absolute atomic E-state index is 0.00516. The number of aliphatic carboxylic acids is 1. The number of amides is 3. The smallest absolute Gasteiger partial charge is 0.326 e. The Kier molecular flexibility index (Phi) is 3.93. The summed E-state index contributed by atoms with van der Waals surface area (Å²) in [5.41, 5.74) is 4.71. The van der Waals surface area contributed by atoms with Gasteiger partial charge in [-0.3, -0.25) is 4.79 Å². The minimum Gasteiger partial charge on any atom is -0.480 e. The molecule has 17 heavy (non-hydrogen) atoms. The Morgan fingerprint density at radius 3 is 2.41 bits per heavy atom. The van der Waals surface area contributed by atoms with Crippen LogP contribution in [0.15, 0.2) is 0 Å². The van der Waals surface area contributed by atoms with Gasteiger partial charge in [-0.05, 0) is 26.2 Å². The molecule has 1 aliphatic carbocycles. The van der Waals surface area contributed by atoms with Gasteiger partial charge in [0.25, 0.3) is 0 Å².